The van der Waals surface area contributed by atoms with Crippen LogP contribution in [0, 0.1) is 0 Å². The van der Waals surface area contributed by atoms with Crippen LogP contribution in [0.1, 0.15) is 27.8 Å². The average molecular weight is 1480 g/mol. The normalized spacial score (nSPS) is 14.6. The lowest BCUT2D eigenvalue weighted by atomic mass is 9.30. The SMILES string of the molecule is FC(F)(F)c1cc2c3c(c1)N(c1ccccc1)c1cc4c(cc1B3c1cc3c(cc1O2)N(c1ccccc1)c1cc(C(F)(F)F)cc2c1B3c1sc3ccc(C(F)(F)F)cc3c1N2c1ccccc1)B1c2sc3ccc(C(F)(F)F)cc3c2N(c2ccccc2)c2cc(C(F)(F)F)cc(c21)N4c1ccccc1. The summed E-state index contributed by atoms with van der Waals surface area (Å²) in [6.45, 7) is -3.38. The van der Waals surface area contributed by atoms with Crippen LogP contribution in [0.3, 0.4) is 0 Å². The molecule has 8 heterocycles. The molecule has 0 saturated heterocycles. The van der Waals surface area contributed by atoms with Crippen LogP contribution in [0.2, 0.25) is 0 Å². The minimum Gasteiger partial charge on any atom is -0.458 e. The molecule has 0 amide bonds. The molecule has 6 nitrogen and oxygen atoms in total. The Morgan fingerprint density at radius 1 is 0.252 bits per heavy atom. The van der Waals surface area contributed by atoms with Crippen LogP contribution < -0.4 is 77.0 Å². The van der Waals surface area contributed by atoms with E-state index in [1.165, 1.54) is 23.5 Å². The van der Waals surface area contributed by atoms with Gasteiger partial charge in [0.2, 0.25) is 0 Å². The van der Waals surface area contributed by atoms with E-state index < -0.39 is 78.8 Å². The number of thiophene rings is 2. The Hall–Kier alpha value is -11.5. The molecule has 2 aromatic heterocycles. The zero-order valence-electron chi connectivity index (χ0n) is 54.5. The van der Waals surface area contributed by atoms with Crippen molar-refractivity contribution in [2.24, 2.45) is 0 Å². The van der Waals surface area contributed by atoms with E-state index in [0.29, 0.717) is 80.2 Å². The number of nitrogens with zero attached hydrogens (tertiary/aromatic N) is 5. The summed E-state index contributed by atoms with van der Waals surface area (Å²) in [6, 6.07) is 61.7. The van der Waals surface area contributed by atoms with E-state index in [0.717, 1.165) is 72.0 Å². The first-order chi connectivity index (χ1) is 51.2. The molecular weight excluding hydrogens is 1440 g/mol. The van der Waals surface area contributed by atoms with Crippen molar-refractivity contribution in [3.8, 4) is 11.5 Å². The lowest BCUT2D eigenvalue weighted by Crippen LogP contribution is -2.65. The van der Waals surface area contributed by atoms with Crippen molar-refractivity contribution >= 4 is 196 Å². The third-order valence-corrected chi connectivity index (χ3v) is 23.5. The smallest absolute Gasteiger partial charge is 0.416 e. The second kappa shape index (κ2) is 22.5. The molecule has 0 saturated carbocycles. The summed E-state index contributed by atoms with van der Waals surface area (Å²) in [7, 11) is 0. The molecular formula is C81H41B3F15N5OS2. The maximum Gasteiger partial charge on any atom is 0.416 e. The van der Waals surface area contributed by atoms with Gasteiger partial charge in [-0.1, -0.05) is 103 Å². The standard InChI is InChI=1S/C81H41B3F15N5OS2/c85-77(86,87)42-26-28-68-52(30-42)73-75(106-68)83-55-38-54-58(40-59(55)100(47-16-6-1-7-17-47)61-32-44(79(91,92)93)34-63(70(61)83)103(73)50-22-12-4-13-23-50)101(48-18-8-2-9-19-48)65-36-46(81(97,98)99)37-67-72(65)82(54)57-39-56-60(41-66(57)105-67)102(49-20-10-3-11-21-49)62-33-45(80(94,95)96)35-64-71(62)84(56)76-74(104(64)51-24-14-5-15-25-51)53-31-43(78(88,89)90)27-29-69(53)107-76/h1-41H. The highest BCUT2D eigenvalue weighted by Gasteiger charge is 2.54. The molecule has 0 aliphatic carbocycles. The Labute approximate surface area is 606 Å². The van der Waals surface area contributed by atoms with Gasteiger partial charge in [-0.2, -0.15) is 65.9 Å². The maximum atomic E-state index is 16.1. The number of hydrogen-bond donors (Lipinski definition) is 0. The number of ether oxygens (including phenoxy) is 1. The summed E-state index contributed by atoms with van der Waals surface area (Å²) in [6.07, 6.45) is -24.8. The molecule has 0 radical (unpaired) electrons. The Balaban J connectivity index is 0.920. The van der Waals surface area contributed by atoms with E-state index in [1.807, 2.05) is 12.1 Å². The Morgan fingerprint density at radius 2 is 0.561 bits per heavy atom. The molecule has 107 heavy (non-hydrogen) atoms. The summed E-state index contributed by atoms with van der Waals surface area (Å²) < 4.78 is 244. The number of para-hydroxylation sites is 5. The van der Waals surface area contributed by atoms with Gasteiger partial charge in [-0.3, -0.25) is 0 Å². The van der Waals surface area contributed by atoms with Crippen molar-refractivity contribution in [3.63, 3.8) is 0 Å². The topological polar surface area (TPSA) is 25.4 Å². The van der Waals surface area contributed by atoms with Gasteiger partial charge in [0, 0.05) is 110 Å². The Morgan fingerprint density at radius 3 is 0.925 bits per heavy atom. The van der Waals surface area contributed by atoms with Crippen LogP contribution in [-0.2, 0) is 30.9 Å². The van der Waals surface area contributed by atoms with Gasteiger partial charge in [0.05, 0.1) is 39.2 Å². The Kier molecular flexibility index (Phi) is 13.7. The molecule has 14 aromatic rings. The summed E-state index contributed by atoms with van der Waals surface area (Å²) >= 11 is 2.33. The van der Waals surface area contributed by atoms with E-state index in [1.54, 1.807) is 188 Å². The van der Waals surface area contributed by atoms with Crippen LogP contribution in [-0.4, -0.2) is 20.1 Å². The van der Waals surface area contributed by atoms with Gasteiger partial charge in [-0.15, -0.1) is 22.7 Å². The van der Waals surface area contributed by atoms with Crippen molar-refractivity contribution in [2.45, 2.75) is 30.9 Å². The fraction of sp³-hybridized carbons (Fsp3) is 0.0617. The number of alkyl halides is 15. The van der Waals surface area contributed by atoms with E-state index in [-0.39, 0.29) is 84.6 Å². The van der Waals surface area contributed by atoms with Crippen LogP contribution in [0.25, 0.3) is 20.2 Å². The van der Waals surface area contributed by atoms with E-state index in [2.05, 4.69) is 0 Å². The number of fused-ring (bicyclic) bond motifs is 16. The summed E-state index contributed by atoms with van der Waals surface area (Å²) in [5.41, 5.74) is -0.0134. The molecule has 0 bridgehead atoms. The predicted molar refractivity (Wildman–Crippen MR) is 396 cm³/mol. The molecule has 6 aliphatic rings. The molecule has 0 N–H and O–H groups in total. The van der Waals surface area contributed by atoms with Crippen molar-refractivity contribution in [1.29, 1.82) is 0 Å². The number of hydrogen-bond acceptors (Lipinski definition) is 8. The average Bonchev–Trinajstić information content (AvgIpc) is 1.23. The number of rotatable bonds is 5. The third kappa shape index (κ3) is 9.72. The maximum absolute atomic E-state index is 16.1. The second-order valence-corrected chi connectivity index (χ2v) is 29.1. The van der Waals surface area contributed by atoms with E-state index in [4.69, 9.17) is 4.74 Å². The monoisotopic (exact) mass is 1480 g/mol. The largest absolute Gasteiger partial charge is 0.458 e. The van der Waals surface area contributed by atoms with E-state index in [9.17, 15) is 0 Å². The summed E-state index contributed by atoms with van der Waals surface area (Å²) in [5, 5.41) is 0.186. The lowest BCUT2D eigenvalue weighted by Gasteiger charge is -2.46. The Bertz CT molecular complexity index is 6120. The molecule has 6 aliphatic heterocycles. The fourth-order valence-electron chi connectivity index (χ4n) is 16.8. The van der Waals surface area contributed by atoms with Gasteiger partial charge in [0.15, 0.2) is 0 Å². The third-order valence-electron chi connectivity index (χ3n) is 21.0. The highest BCUT2D eigenvalue weighted by molar-refractivity contribution is 7.34. The van der Waals surface area contributed by atoms with Crippen molar-refractivity contribution < 1.29 is 70.6 Å². The number of anilines is 15. The quantitative estimate of drug-likeness (QED) is 0.126. The molecule has 0 fully saturated rings. The highest BCUT2D eigenvalue weighted by atomic mass is 32.1. The molecule has 26 heteroatoms. The molecule has 0 atom stereocenters. The van der Waals surface area contributed by atoms with Crippen LogP contribution in [0.15, 0.2) is 249 Å². The molecule has 12 aromatic carbocycles. The first-order valence-electron chi connectivity index (χ1n) is 33.6. The molecule has 0 unspecified atom stereocenters. The van der Waals surface area contributed by atoms with Crippen molar-refractivity contribution in [2.75, 3.05) is 24.5 Å². The molecule has 20 rings (SSSR count). The van der Waals surface area contributed by atoms with Gasteiger partial charge < -0.3 is 29.2 Å². The zero-order valence-corrected chi connectivity index (χ0v) is 56.2. The first-order valence-corrected chi connectivity index (χ1v) is 35.2. The van der Waals surface area contributed by atoms with Crippen molar-refractivity contribution in [3.05, 3.63) is 277 Å². The number of benzene rings is 12. The van der Waals surface area contributed by atoms with Gasteiger partial charge in [0.1, 0.15) is 11.5 Å². The van der Waals surface area contributed by atoms with E-state index >= 15 is 65.9 Å². The fourth-order valence-corrected chi connectivity index (χ4v) is 19.4. The molecule has 522 valence electrons. The van der Waals surface area contributed by atoms with Crippen LogP contribution in [0.5, 0.6) is 11.5 Å². The van der Waals surface area contributed by atoms with Crippen LogP contribution >= 0.6 is 22.7 Å². The van der Waals surface area contributed by atoms with Gasteiger partial charge >= 0.3 is 30.9 Å². The zero-order chi connectivity index (χ0) is 73.4. The summed E-state index contributed by atoms with van der Waals surface area (Å²) in [4.78, 5) is 8.09. The van der Waals surface area contributed by atoms with Gasteiger partial charge in [-0.25, -0.2) is 0 Å². The first kappa shape index (κ1) is 65.1. The van der Waals surface area contributed by atoms with Gasteiger partial charge in [-0.05, 0) is 178 Å². The second-order valence-electron chi connectivity index (χ2n) is 27.0. The highest BCUT2D eigenvalue weighted by Crippen LogP contribution is 2.56. The number of halogens is 15. The minimum absolute atomic E-state index is 0.000253. The van der Waals surface area contributed by atoms with Crippen LogP contribution in [0.4, 0.5) is 151 Å². The lowest BCUT2D eigenvalue weighted by molar-refractivity contribution is -0.138. The van der Waals surface area contributed by atoms with Gasteiger partial charge in [0.25, 0.3) is 20.1 Å². The summed E-state index contributed by atoms with van der Waals surface area (Å²) in [5.74, 6) is -0.291. The minimum atomic E-state index is -5.04. The predicted octanol–water partition coefficient (Wildman–Crippen LogP) is 19.8. The molecule has 0 spiro atoms. The van der Waals surface area contributed by atoms with Crippen molar-refractivity contribution in [1.82, 2.24) is 0 Å².